The van der Waals surface area contributed by atoms with E-state index in [0.717, 1.165) is 38.9 Å². The SMILES string of the molecule is CCN(CCCN(C)C)C(=O)C1CCC(C(=O)O)CC1. The smallest absolute Gasteiger partial charge is 0.306 e. The summed E-state index contributed by atoms with van der Waals surface area (Å²) >= 11 is 0. The quantitative estimate of drug-likeness (QED) is 0.772. The third kappa shape index (κ3) is 5.12. The van der Waals surface area contributed by atoms with Crippen molar-refractivity contribution < 1.29 is 14.7 Å². The molecule has 1 fully saturated rings. The molecule has 20 heavy (non-hydrogen) atoms. The number of hydrogen-bond donors (Lipinski definition) is 1. The van der Waals surface area contributed by atoms with Crippen LogP contribution in [0.2, 0.25) is 0 Å². The average Bonchev–Trinajstić information content (AvgIpc) is 2.42. The molecule has 0 spiro atoms. The Morgan fingerprint density at radius 2 is 1.60 bits per heavy atom. The largest absolute Gasteiger partial charge is 0.481 e. The summed E-state index contributed by atoms with van der Waals surface area (Å²) in [5.41, 5.74) is 0. The predicted molar refractivity (Wildman–Crippen MR) is 78.5 cm³/mol. The molecule has 0 saturated heterocycles. The summed E-state index contributed by atoms with van der Waals surface area (Å²) in [4.78, 5) is 27.4. The second-order valence-corrected chi connectivity index (χ2v) is 5.96. The lowest BCUT2D eigenvalue weighted by Crippen LogP contribution is -2.39. The van der Waals surface area contributed by atoms with Gasteiger partial charge < -0.3 is 14.9 Å². The lowest BCUT2D eigenvalue weighted by atomic mass is 9.81. The molecule has 1 rings (SSSR count). The maximum absolute atomic E-state index is 12.4. The Labute approximate surface area is 121 Å². The molecule has 1 N–H and O–H groups in total. The first-order valence-corrected chi connectivity index (χ1v) is 7.62. The van der Waals surface area contributed by atoms with Crippen molar-refractivity contribution in [3.63, 3.8) is 0 Å². The van der Waals surface area contributed by atoms with E-state index < -0.39 is 5.97 Å². The molecule has 5 heteroatoms. The standard InChI is InChI=1S/C15H28N2O3/c1-4-17(11-5-10-16(2)3)14(18)12-6-8-13(9-7-12)15(19)20/h12-13H,4-11H2,1-3H3,(H,19,20). The topological polar surface area (TPSA) is 60.9 Å². The zero-order valence-corrected chi connectivity index (χ0v) is 13.0. The maximum atomic E-state index is 12.4. The molecule has 0 unspecified atom stereocenters. The highest BCUT2D eigenvalue weighted by Gasteiger charge is 2.31. The fraction of sp³-hybridized carbons (Fsp3) is 0.867. The van der Waals surface area contributed by atoms with Crippen LogP contribution >= 0.6 is 0 Å². The van der Waals surface area contributed by atoms with Crippen molar-refractivity contribution in [3.05, 3.63) is 0 Å². The van der Waals surface area contributed by atoms with Crippen LogP contribution in [0.1, 0.15) is 39.0 Å². The van der Waals surface area contributed by atoms with E-state index in [-0.39, 0.29) is 17.7 Å². The van der Waals surface area contributed by atoms with Gasteiger partial charge in [0.1, 0.15) is 0 Å². The molecule has 0 aromatic carbocycles. The third-order valence-corrected chi connectivity index (χ3v) is 4.15. The van der Waals surface area contributed by atoms with Crippen molar-refractivity contribution in [2.75, 3.05) is 33.7 Å². The Balaban J connectivity index is 2.41. The molecular weight excluding hydrogens is 256 g/mol. The van der Waals surface area contributed by atoms with Gasteiger partial charge in [0, 0.05) is 19.0 Å². The van der Waals surface area contributed by atoms with Crippen LogP contribution in [0.15, 0.2) is 0 Å². The second kappa shape index (κ2) is 8.25. The fourth-order valence-corrected chi connectivity index (χ4v) is 2.85. The molecule has 116 valence electrons. The summed E-state index contributed by atoms with van der Waals surface area (Å²) in [6, 6.07) is 0. The number of nitrogens with zero attached hydrogens (tertiary/aromatic N) is 2. The maximum Gasteiger partial charge on any atom is 0.306 e. The van der Waals surface area contributed by atoms with Gasteiger partial charge in [-0.15, -0.1) is 0 Å². The minimum atomic E-state index is -0.714. The van der Waals surface area contributed by atoms with Crippen LogP contribution in [-0.4, -0.2) is 60.5 Å². The van der Waals surface area contributed by atoms with Gasteiger partial charge >= 0.3 is 5.97 Å². The van der Waals surface area contributed by atoms with Crippen molar-refractivity contribution in [1.29, 1.82) is 0 Å². The number of hydrogen-bond acceptors (Lipinski definition) is 3. The Bertz CT molecular complexity index is 323. The van der Waals surface area contributed by atoms with Gasteiger partial charge in [-0.25, -0.2) is 0 Å². The van der Waals surface area contributed by atoms with E-state index >= 15 is 0 Å². The minimum Gasteiger partial charge on any atom is -0.481 e. The third-order valence-electron chi connectivity index (χ3n) is 4.15. The molecule has 0 atom stereocenters. The zero-order valence-electron chi connectivity index (χ0n) is 13.0. The number of carboxylic acids is 1. The van der Waals surface area contributed by atoms with E-state index in [0.29, 0.717) is 12.8 Å². The fourth-order valence-electron chi connectivity index (χ4n) is 2.85. The highest BCUT2D eigenvalue weighted by atomic mass is 16.4. The summed E-state index contributed by atoms with van der Waals surface area (Å²) in [5.74, 6) is -0.711. The van der Waals surface area contributed by atoms with E-state index in [4.69, 9.17) is 5.11 Å². The Morgan fingerprint density at radius 1 is 1.05 bits per heavy atom. The first-order valence-electron chi connectivity index (χ1n) is 7.62. The first-order chi connectivity index (χ1) is 9.45. The van der Waals surface area contributed by atoms with Gasteiger partial charge in [-0.3, -0.25) is 9.59 Å². The Morgan fingerprint density at radius 3 is 2.05 bits per heavy atom. The normalized spacial score (nSPS) is 22.8. The van der Waals surface area contributed by atoms with Crippen LogP contribution in [0, 0.1) is 11.8 Å². The molecule has 1 aliphatic rings. The van der Waals surface area contributed by atoms with Crippen LogP contribution in [-0.2, 0) is 9.59 Å². The molecule has 0 heterocycles. The van der Waals surface area contributed by atoms with Crippen molar-refractivity contribution in [1.82, 2.24) is 9.80 Å². The van der Waals surface area contributed by atoms with Crippen molar-refractivity contribution in [2.45, 2.75) is 39.0 Å². The average molecular weight is 284 g/mol. The number of amides is 1. The van der Waals surface area contributed by atoms with Crippen molar-refractivity contribution in [2.24, 2.45) is 11.8 Å². The second-order valence-electron chi connectivity index (χ2n) is 5.96. The van der Waals surface area contributed by atoms with Crippen LogP contribution in [0.4, 0.5) is 0 Å². The Hall–Kier alpha value is -1.10. The molecule has 0 aromatic rings. The van der Waals surface area contributed by atoms with E-state index in [1.807, 2.05) is 25.9 Å². The molecular formula is C15H28N2O3. The van der Waals surface area contributed by atoms with Gasteiger partial charge in [0.25, 0.3) is 0 Å². The summed E-state index contributed by atoms with van der Waals surface area (Å²) in [7, 11) is 4.07. The van der Waals surface area contributed by atoms with Crippen molar-refractivity contribution in [3.8, 4) is 0 Å². The molecule has 0 aromatic heterocycles. The summed E-state index contributed by atoms with van der Waals surface area (Å²) in [5, 5.41) is 8.99. The van der Waals surface area contributed by atoms with Crippen LogP contribution in [0.3, 0.4) is 0 Å². The molecule has 5 nitrogen and oxygen atoms in total. The van der Waals surface area contributed by atoms with Gasteiger partial charge in [-0.1, -0.05) is 0 Å². The highest BCUT2D eigenvalue weighted by Crippen LogP contribution is 2.30. The monoisotopic (exact) mass is 284 g/mol. The van der Waals surface area contributed by atoms with Gasteiger partial charge in [-0.05, 0) is 59.7 Å². The molecule has 0 bridgehead atoms. The Kier molecular flexibility index (Phi) is 6.99. The zero-order chi connectivity index (χ0) is 15.1. The lowest BCUT2D eigenvalue weighted by Gasteiger charge is -2.30. The van der Waals surface area contributed by atoms with E-state index in [2.05, 4.69) is 4.90 Å². The van der Waals surface area contributed by atoms with Gasteiger partial charge in [0.05, 0.1) is 5.92 Å². The highest BCUT2D eigenvalue weighted by molar-refractivity contribution is 5.79. The number of carbonyl (C=O) groups is 2. The lowest BCUT2D eigenvalue weighted by molar-refractivity contribution is -0.145. The predicted octanol–water partition coefficient (Wildman–Crippen LogP) is 1.68. The van der Waals surface area contributed by atoms with Crippen LogP contribution < -0.4 is 0 Å². The minimum absolute atomic E-state index is 0.0323. The summed E-state index contributed by atoms with van der Waals surface area (Å²) in [6.45, 7) is 4.53. The van der Waals surface area contributed by atoms with Gasteiger partial charge in [0.15, 0.2) is 0 Å². The van der Waals surface area contributed by atoms with Gasteiger partial charge in [0.2, 0.25) is 5.91 Å². The summed E-state index contributed by atoms with van der Waals surface area (Å²) in [6.07, 6.45) is 3.71. The molecule has 0 aliphatic heterocycles. The molecule has 1 saturated carbocycles. The number of aliphatic carboxylic acids is 1. The van der Waals surface area contributed by atoms with Crippen LogP contribution in [0.5, 0.6) is 0 Å². The van der Waals surface area contributed by atoms with E-state index in [1.165, 1.54) is 0 Å². The van der Waals surface area contributed by atoms with Crippen molar-refractivity contribution >= 4 is 11.9 Å². The first kappa shape index (κ1) is 17.0. The van der Waals surface area contributed by atoms with Crippen LogP contribution in [0.25, 0.3) is 0 Å². The van der Waals surface area contributed by atoms with E-state index in [1.54, 1.807) is 0 Å². The van der Waals surface area contributed by atoms with E-state index in [9.17, 15) is 9.59 Å². The van der Waals surface area contributed by atoms with Gasteiger partial charge in [-0.2, -0.15) is 0 Å². The summed E-state index contributed by atoms with van der Waals surface area (Å²) < 4.78 is 0. The molecule has 0 radical (unpaired) electrons. The molecule has 1 amide bonds. The number of carbonyl (C=O) groups excluding carboxylic acids is 1. The molecule has 1 aliphatic carbocycles. The number of rotatable bonds is 7. The number of carboxylic acid groups (broad SMARTS) is 1.